The summed E-state index contributed by atoms with van der Waals surface area (Å²) in [5, 5.41) is 10.0. The molecule has 1 aromatic heterocycles. The molecule has 0 spiro atoms. The minimum absolute atomic E-state index is 0.263. The Morgan fingerprint density at radius 1 is 1.18 bits per heavy atom. The summed E-state index contributed by atoms with van der Waals surface area (Å²) < 4.78 is 18.1. The molecule has 0 saturated heterocycles. The Bertz CT molecular complexity index is 1230. The maximum atomic E-state index is 12.7. The van der Waals surface area contributed by atoms with Gasteiger partial charge in [-0.15, -0.1) is 0 Å². The van der Waals surface area contributed by atoms with Crippen LogP contribution in [-0.4, -0.2) is 36.3 Å². The van der Waals surface area contributed by atoms with Gasteiger partial charge in [0.25, 0.3) is 0 Å². The second-order valence-electron chi connectivity index (χ2n) is 7.46. The molecular formula is C23H25ClN5O3P. The van der Waals surface area contributed by atoms with Gasteiger partial charge in [0.1, 0.15) is 17.9 Å². The molecule has 1 amide bonds. The van der Waals surface area contributed by atoms with Gasteiger partial charge in [0.2, 0.25) is 11.9 Å². The van der Waals surface area contributed by atoms with Crippen LogP contribution >= 0.6 is 18.7 Å². The van der Waals surface area contributed by atoms with Crippen LogP contribution in [0.1, 0.15) is 5.56 Å². The van der Waals surface area contributed by atoms with Gasteiger partial charge in [-0.1, -0.05) is 36.4 Å². The first kappa shape index (κ1) is 24.3. The van der Waals surface area contributed by atoms with E-state index in [1.807, 2.05) is 36.4 Å². The second kappa shape index (κ2) is 10.5. The number of amides is 1. The Morgan fingerprint density at radius 2 is 1.94 bits per heavy atom. The molecule has 0 aliphatic rings. The highest BCUT2D eigenvalue weighted by molar-refractivity contribution is 7.70. The lowest BCUT2D eigenvalue weighted by atomic mass is 10.2. The Kier molecular flexibility index (Phi) is 7.74. The quantitative estimate of drug-likeness (QED) is 0.298. The molecule has 0 atom stereocenters. The molecular weight excluding hydrogens is 461 g/mol. The van der Waals surface area contributed by atoms with Crippen LogP contribution in [0.15, 0.2) is 61.3 Å². The maximum Gasteiger partial charge on any atom is 0.243 e. The zero-order chi connectivity index (χ0) is 24.0. The van der Waals surface area contributed by atoms with Crippen molar-refractivity contribution >= 4 is 53.1 Å². The lowest BCUT2D eigenvalue weighted by Crippen LogP contribution is -2.19. The highest BCUT2D eigenvalue weighted by atomic mass is 35.5. The lowest BCUT2D eigenvalue weighted by Gasteiger charge is -2.16. The zero-order valence-corrected chi connectivity index (χ0v) is 20.2. The van der Waals surface area contributed by atoms with Crippen LogP contribution in [-0.2, 0) is 15.9 Å². The van der Waals surface area contributed by atoms with Crippen LogP contribution in [0, 0.1) is 0 Å². The minimum atomic E-state index is -2.52. The largest absolute Gasteiger partial charge is 0.495 e. The Labute approximate surface area is 197 Å². The van der Waals surface area contributed by atoms with Crippen molar-refractivity contribution in [2.24, 2.45) is 0 Å². The first-order valence-electron chi connectivity index (χ1n) is 9.99. The molecule has 3 N–H and O–H groups in total. The SMILES string of the molecule is C=CC(=O)NCc1ccc(OC)c(Nc2ncc(Cl)c(Nc3ccccc3P(C)(C)=O)n2)c1. The molecule has 2 aromatic carbocycles. The van der Waals surface area contributed by atoms with E-state index in [1.54, 1.807) is 26.5 Å². The number of aromatic nitrogens is 2. The number of carbonyl (C=O) groups excluding carboxylic acids is 1. The molecule has 3 rings (SSSR count). The molecule has 10 heteroatoms. The van der Waals surface area contributed by atoms with Crippen LogP contribution in [0.5, 0.6) is 5.75 Å². The number of benzene rings is 2. The Morgan fingerprint density at radius 3 is 2.64 bits per heavy atom. The van der Waals surface area contributed by atoms with Crippen LogP contribution in [0.25, 0.3) is 0 Å². The van der Waals surface area contributed by atoms with Gasteiger partial charge in [-0.25, -0.2) is 4.98 Å². The van der Waals surface area contributed by atoms with E-state index in [0.717, 1.165) is 5.56 Å². The van der Waals surface area contributed by atoms with E-state index in [9.17, 15) is 9.36 Å². The van der Waals surface area contributed by atoms with E-state index in [-0.39, 0.29) is 11.9 Å². The van der Waals surface area contributed by atoms with E-state index in [4.69, 9.17) is 16.3 Å². The fraction of sp³-hybridized carbons (Fsp3) is 0.174. The van der Waals surface area contributed by atoms with E-state index < -0.39 is 7.14 Å². The van der Waals surface area contributed by atoms with Crippen LogP contribution in [0.3, 0.4) is 0 Å². The highest BCUT2D eigenvalue weighted by Crippen LogP contribution is 2.38. The van der Waals surface area contributed by atoms with E-state index in [1.165, 1.54) is 12.3 Å². The molecule has 0 saturated carbocycles. The summed E-state index contributed by atoms with van der Waals surface area (Å²) in [6.45, 7) is 7.18. The molecule has 33 heavy (non-hydrogen) atoms. The first-order valence-corrected chi connectivity index (χ1v) is 13.0. The molecule has 0 bridgehead atoms. The standard InChI is InChI=1S/C23H25ClN5O3P/c1-5-21(30)25-13-15-10-11-19(32-2)18(12-15)28-23-26-14-16(24)22(29-23)27-17-8-6-7-9-20(17)33(3,4)31/h5-12,14H,1,13H2,2-4H3,(H,25,30)(H2,26,27,28,29). The van der Waals surface area contributed by atoms with Crippen molar-refractivity contribution in [2.75, 3.05) is 31.1 Å². The molecule has 0 aliphatic carbocycles. The predicted molar refractivity (Wildman–Crippen MR) is 134 cm³/mol. The number of rotatable bonds is 9. The van der Waals surface area contributed by atoms with Crippen molar-refractivity contribution in [3.05, 3.63) is 71.9 Å². The number of anilines is 4. The third-order valence-electron chi connectivity index (χ3n) is 4.64. The predicted octanol–water partition coefficient (Wildman–Crippen LogP) is 4.68. The zero-order valence-electron chi connectivity index (χ0n) is 18.6. The molecule has 1 heterocycles. The minimum Gasteiger partial charge on any atom is -0.495 e. The van der Waals surface area contributed by atoms with Gasteiger partial charge >= 0.3 is 0 Å². The van der Waals surface area contributed by atoms with Gasteiger partial charge in [-0.3, -0.25) is 4.79 Å². The van der Waals surface area contributed by atoms with Crippen molar-refractivity contribution in [1.29, 1.82) is 0 Å². The topological polar surface area (TPSA) is 105 Å². The number of methoxy groups -OCH3 is 1. The van der Waals surface area contributed by atoms with Crippen molar-refractivity contribution in [1.82, 2.24) is 15.3 Å². The summed E-state index contributed by atoms with van der Waals surface area (Å²) in [6.07, 6.45) is 2.69. The summed E-state index contributed by atoms with van der Waals surface area (Å²) in [5.41, 5.74) is 2.12. The molecule has 172 valence electrons. The van der Waals surface area contributed by atoms with E-state index in [2.05, 4.69) is 32.5 Å². The Hall–Kier alpha value is -3.35. The molecule has 0 aliphatic heterocycles. The number of ether oxygens (including phenoxy) is 1. The summed E-state index contributed by atoms with van der Waals surface area (Å²) >= 11 is 6.33. The number of hydrogen-bond donors (Lipinski definition) is 3. The van der Waals surface area contributed by atoms with Gasteiger partial charge in [0.15, 0.2) is 5.82 Å². The van der Waals surface area contributed by atoms with Gasteiger partial charge in [-0.05, 0) is 49.2 Å². The van der Waals surface area contributed by atoms with Crippen LogP contribution in [0.4, 0.5) is 23.1 Å². The summed E-state index contributed by atoms with van der Waals surface area (Å²) in [5.74, 6) is 0.954. The number of nitrogens with one attached hydrogen (secondary N) is 3. The van der Waals surface area contributed by atoms with Crippen LogP contribution < -0.4 is 26.0 Å². The van der Waals surface area contributed by atoms with Crippen molar-refractivity contribution in [3.8, 4) is 5.75 Å². The first-order chi connectivity index (χ1) is 15.7. The van der Waals surface area contributed by atoms with Gasteiger partial charge < -0.3 is 25.3 Å². The molecule has 8 nitrogen and oxygen atoms in total. The average Bonchev–Trinajstić information content (AvgIpc) is 2.79. The molecule has 0 unspecified atom stereocenters. The highest BCUT2D eigenvalue weighted by Gasteiger charge is 2.17. The van der Waals surface area contributed by atoms with E-state index in [0.29, 0.717) is 39.8 Å². The molecule has 0 fully saturated rings. The fourth-order valence-electron chi connectivity index (χ4n) is 3.04. The van der Waals surface area contributed by atoms with Gasteiger partial charge in [-0.2, -0.15) is 4.98 Å². The second-order valence-corrected chi connectivity index (χ2v) is 11.1. The number of carbonyl (C=O) groups is 1. The molecule has 0 radical (unpaired) electrons. The van der Waals surface area contributed by atoms with Crippen molar-refractivity contribution < 1.29 is 14.1 Å². The van der Waals surface area contributed by atoms with Gasteiger partial charge in [0.05, 0.1) is 24.7 Å². The summed E-state index contributed by atoms with van der Waals surface area (Å²) in [4.78, 5) is 20.2. The van der Waals surface area contributed by atoms with Crippen molar-refractivity contribution in [2.45, 2.75) is 6.54 Å². The third-order valence-corrected chi connectivity index (χ3v) is 6.47. The Balaban J connectivity index is 1.88. The number of para-hydroxylation sites is 1. The fourth-order valence-corrected chi connectivity index (χ4v) is 4.33. The average molecular weight is 486 g/mol. The molecule has 3 aromatic rings. The third kappa shape index (κ3) is 6.34. The van der Waals surface area contributed by atoms with Crippen LogP contribution in [0.2, 0.25) is 5.02 Å². The van der Waals surface area contributed by atoms with Gasteiger partial charge in [0, 0.05) is 11.8 Å². The number of hydrogen-bond acceptors (Lipinski definition) is 7. The number of nitrogens with zero attached hydrogens (tertiary/aromatic N) is 2. The maximum absolute atomic E-state index is 12.7. The van der Waals surface area contributed by atoms with Crippen molar-refractivity contribution in [3.63, 3.8) is 0 Å². The summed E-state index contributed by atoms with van der Waals surface area (Å²) in [7, 11) is -0.968. The normalized spacial score (nSPS) is 10.9. The summed E-state index contributed by atoms with van der Waals surface area (Å²) in [6, 6.07) is 12.8. The van der Waals surface area contributed by atoms with E-state index >= 15 is 0 Å². The number of halogens is 1. The smallest absolute Gasteiger partial charge is 0.243 e. The monoisotopic (exact) mass is 485 g/mol. The lowest BCUT2D eigenvalue weighted by molar-refractivity contribution is -0.116.